The van der Waals surface area contributed by atoms with Gasteiger partial charge in [-0.1, -0.05) is 23.7 Å². The Morgan fingerprint density at radius 1 is 1.27 bits per heavy atom. The third kappa shape index (κ3) is 3.01. The van der Waals surface area contributed by atoms with Crippen LogP contribution in [-0.2, 0) is 16.6 Å². The third-order valence-corrected chi connectivity index (χ3v) is 4.07. The summed E-state index contributed by atoms with van der Waals surface area (Å²) in [6.45, 7) is 0.445. The zero-order valence-corrected chi connectivity index (χ0v) is 12.7. The van der Waals surface area contributed by atoms with Crippen LogP contribution < -0.4 is 10.5 Å². The average Bonchev–Trinajstić information content (AvgIpc) is 2.92. The molecule has 0 radical (unpaired) electrons. The zero-order valence-electron chi connectivity index (χ0n) is 11.1. The van der Waals surface area contributed by atoms with E-state index in [0.29, 0.717) is 23.3 Å². The summed E-state index contributed by atoms with van der Waals surface area (Å²) < 4.78 is 23.9. The molecule has 0 aliphatic heterocycles. The number of halogens is 1. The Kier molecular flexibility index (Phi) is 3.69. The van der Waals surface area contributed by atoms with E-state index in [1.165, 1.54) is 23.0 Å². The summed E-state index contributed by atoms with van der Waals surface area (Å²) in [5.41, 5.74) is 0.869. The van der Waals surface area contributed by atoms with E-state index in [4.69, 9.17) is 16.7 Å². The minimum absolute atomic E-state index is 0.0712. The van der Waals surface area contributed by atoms with Gasteiger partial charge in [0.1, 0.15) is 17.3 Å². The lowest BCUT2D eigenvalue weighted by atomic mass is 10.2. The fraction of sp³-hybridized carbons (Fsp3) is 0.0833. The molecule has 3 rings (SSSR count). The molecule has 0 unspecified atom stereocenters. The highest BCUT2D eigenvalue weighted by molar-refractivity contribution is 7.89. The normalized spacial score (nSPS) is 11.7. The summed E-state index contributed by atoms with van der Waals surface area (Å²) in [5, 5.41) is 12.5. The molecule has 2 heterocycles. The van der Waals surface area contributed by atoms with E-state index >= 15 is 0 Å². The molecule has 3 aromatic rings. The predicted octanol–water partition coefficient (Wildman–Crippen LogP) is 1.04. The van der Waals surface area contributed by atoms with Gasteiger partial charge in [0.15, 0.2) is 0 Å². The highest BCUT2D eigenvalue weighted by Gasteiger charge is 2.08. The van der Waals surface area contributed by atoms with Crippen LogP contribution in [0.2, 0.25) is 5.15 Å². The third-order valence-electron chi connectivity index (χ3n) is 2.95. The number of aromatic nitrogens is 4. The highest BCUT2D eigenvalue weighted by Crippen LogP contribution is 2.16. The van der Waals surface area contributed by atoms with E-state index in [1.54, 1.807) is 18.2 Å². The minimum atomic E-state index is -3.68. The van der Waals surface area contributed by atoms with Gasteiger partial charge in [-0.05, 0) is 17.7 Å². The smallest absolute Gasteiger partial charge is 0.255 e. The van der Waals surface area contributed by atoms with Crippen LogP contribution in [0.15, 0.2) is 41.6 Å². The number of hydrogen-bond donors (Lipinski definition) is 2. The Morgan fingerprint density at radius 2 is 2.00 bits per heavy atom. The molecule has 0 bridgehead atoms. The van der Waals surface area contributed by atoms with Gasteiger partial charge in [-0.2, -0.15) is 19.6 Å². The average molecular weight is 339 g/mol. The van der Waals surface area contributed by atoms with Crippen molar-refractivity contribution >= 4 is 33.2 Å². The first-order valence-electron chi connectivity index (χ1n) is 6.15. The van der Waals surface area contributed by atoms with E-state index in [-0.39, 0.29) is 4.90 Å². The molecule has 0 fully saturated rings. The molecule has 8 nitrogen and oxygen atoms in total. The van der Waals surface area contributed by atoms with E-state index in [2.05, 4.69) is 20.4 Å². The van der Waals surface area contributed by atoms with Gasteiger partial charge in [0, 0.05) is 12.6 Å². The number of fused-ring (bicyclic) bond motifs is 1. The van der Waals surface area contributed by atoms with E-state index < -0.39 is 10.0 Å². The van der Waals surface area contributed by atoms with Crippen molar-refractivity contribution in [3.05, 3.63) is 47.4 Å². The van der Waals surface area contributed by atoms with Crippen molar-refractivity contribution in [1.29, 1.82) is 0 Å². The first-order chi connectivity index (χ1) is 10.4. The molecule has 1 aromatic carbocycles. The van der Waals surface area contributed by atoms with Gasteiger partial charge in [0.25, 0.3) is 5.78 Å². The number of rotatable bonds is 4. The van der Waals surface area contributed by atoms with E-state index in [9.17, 15) is 8.42 Å². The molecule has 0 atom stereocenters. The molecule has 0 saturated carbocycles. The number of sulfonamides is 1. The van der Waals surface area contributed by atoms with Crippen molar-refractivity contribution in [2.24, 2.45) is 5.14 Å². The van der Waals surface area contributed by atoms with Crippen molar-refractivity contribution in [2.75, 3.05) is 5.32 Å². The molecular formula is C12H11ClN6O2S. The fourth-order valence-corrected chi connectivity index (χ4v) is 2.59. The van der Waals surface area contributed by atoms with Crippen LogP contribution in [0.5, 0.6) is 0 Å². The maximum absolute atomic E-state index is 11.2. The SMILES string of the molecule is NS(=O)(=O)c1ccc(CNc2cc(Cl)nc3ncnn23)cc1. The zero-order chi connectivity index (χ0) is 15.7. The van der Waals surface area contributed by atoms with Crippen LogP contribution >= 0.6 is 11.6 Å². The van der Waals surface area contributed by atoms with Crippen LogP contribution in [0.25, 0.3) is 5.78 Å². The van der Waals surface area contributed by atoms with Crippen molar-refractivity contribution in [2.45, 2.75) is 11.4 Å². The Morgan fingerprint density at radius 3 is 2.68 bits per heavy atom. The topological polar surface area (TPSA) is 115 Å². The Hall–Kier alpha value is -2.23. The molecule has 114 valence electrons. The summed E-state index contributed by atoms with van der Waals surface area (Å²) in [4.78, 5) is 8.06. The van der Waals surface area contributed by atoms with Crippen LogP contribution in [-0.4, -0.2) is 28.0 Å². The summed E-state index contributed by atoms with van der Waals surface area (Å²) >= 11 is 5.92. The Bertz CT molecular complexity index is 922. The quantitative estimate of drug-likeness (QED) is 0.687. The van der Waals surface area contributed by atoms with Crippen LogP contribution in [0.3, 0.4) is 0 Å². The van der Waals surface area contributed by atoms with Gasteiger partial charge in [0.2, 0.25) is 10.0 Å². The lowest BCUT2D eigenvalue weighted by Gasteiger charge is -2.08. The largest absolute Gasteiger partial charge is 0.366 e. The number of hydrogen-bond acceptors (Lipinski definition) is 6. The molecule has 0 spiro atoms. The maximum atomic E-state index is 11.2. The lowest BCUT2D eigenvalue weighted by molar-refractivity contribution is 0.598. The van der Waals surface area contributed by atoms with Crippen LogP contribution in [0.4, 0.5) is 5.82 Å². The molecule has 0 saturated heterocycles. The number of nitrogens with one attached hydrogen (secondary N) is 1. The standard InChI is InChI=1S/C12H11ClN6O2S/c13-10-5-11(19-12(18-10)16-7-17-19)15-6-8-1-3-9(4-2-8)22(14,20)21/h1-5,7,15H,6H2,(H2,14,20,21). The minimum Gasteiger partial charge on any atom is -0.366 e. The fourth-order valence-electron chi connectivity index (χ4n) is 1.90. The molecule has 0 aliphatic carbocycles. The molecular weight excluding hydrogens is 328 g/mol. The second-order valence-electron chi connectivity index (χ2n) is 4.48. The molecule has 0 aliphatic rings. The van der Waals surface area contributed by atoms with Gasteiger partial charge in [-0.25, -0.2) is 13.6 Å². The number of benzene rings is 1. The highest BCUT2D eigenvalue weighted by atomic mass is 35.5. The monoisotopic (exact) mass is 338 g/mol. The van der Waals surface area contributed by atoms with Gasteiger partial charge in [0.05, 0.1) is 4.90 Å². The molecule has 3 N–H and O–H groups in total. The van der Waals surface area contributed by atoms with Crippen LogP contribution in [0.1, 0.15) is 5.56 Å². The van der Waals surface area contributed by atoms with Gasteiger partial charge < -0.3 is 5.32 Å². The summed E-state index contributed by atoms with van der Waals surface area (Å²) in [7, 11) is -3.68. The summed E-state index contributed by atoms with van der Waals surface area (Å²) in [6.07, 6.45) is 1.38. The van der Waals surface area contributed by atoms with Crippen molar-refractivity contribution in [3.63, 3.8) is 0 Å². The summed E-state index contributed by atoms with van der Waals surface area (Å²) in [6, 6.07) is 7.89. The van der Waals surface area contributed by atoms with E-state index in [0.717, 1.165) is 5.56 Å². The van der Waals surface area contributed by atoms with Crippen molar-refractivity contribution in [1.82, 2.24) is 19.6 Å². The Labute approximate surface area is 131 Å². The number of anilines is 1. The second kappa shape index (κ2) is 5.52. The van der Waals surface area contributed by atoms with Crippen LogP contribution in [0, 0.1) is 0 Å². The Balaban J connectivity index is 1.81. The molecule has 10 heteroatoms. The predicted molar refractivity (Wildman–Crippen MR) is 80.9 cm³/mol. The molecule has 2 aromatic heterocycles. The summed E-state index contributed by atoms with van der Waals surface area (Å²) in [5.74, 6) is 1.02. The van der Waals surface area contributed by atoms with E-state index in [1.807, 2.05) is 0 Å². The number of nitrogens with two attached hydrogens (primary N) is 1. The second-order valence-corrected chi connectivity index (χ2v) is 6.43. The molecule has 22 heavy (non-hydrogen) atoms. The van der Waals surface area contributed by atoms with Crippen molar-refractivity contribution < 1.29 is 8.42 Å². The molecule has 0 amide bonds. The first-order valence-corrected chi connectivity index (χ1v) is 8.08. The number of nitrogens with zero attached hydrogens (tertiary/aromatic N) is 4. The lowest BCUT2D eigenvalue weighted by Crippen LogP contribution is -2.12. The van der Waals surface area contributed by atoms with Crippen molar-refractivity contribution in [3.8, 4) is 0 Å². The maximum Gasteiger partial charge on any atom is 0.255 e. The van der Waals surface area contributed by atoms with Gasteiger partial charge >= 0.3 is 0 Å². The first kappa shape index (κ1) is 14.7. The number of primary sulfonamides is 1. The van der Waals surface area contributed by atoms with Gasteiger partial charge in [-0.3, -0.25) is 0 Å². The van der Waals surface area contributed by atoms with Gasteiger partial charge in [-0.15, -0.1) is 0 Å².